The number of amides is 1. The Morgan fingerprint density at radius 3 is 2.76 bits per heavy atom. The van der Waals surface area contributed by atoms with Crippen molar-refractivity contribution in [2.75, 3.05) is 6.54 Å². The van der Waals surface area contributed by atoms with Crippen molar-refractivity contribution in [1.29, 1.82) is 0 Å². The Kier molecular flexibility index (Phi) is 5.79. The summed E-state index contributed by atoms with van der Waals surface area (Å²) in [5, 5.41) is 8.53. The van der Waals surface area contributed by atoms with Gasteiger partial charge in [0.15, 0.2) is 0 Å². The first kappa shape index (κ1) is 17.6. The van der Waals surface area contributed by atoms with E-state index >= 15 is 0 Å². The largest absolute Gasteiger partial charge is 0.348 e. The molecule has 4 nitrogen and oxygen atoms in total. The van der Waals surface area contributed by atoms with Crippen LogP contribution in [0.15, 0.2) is 47.8 Å². The molecule has 2 aromatic carbocycles. The molecule has 3 aromatic rings. The number of nitrogens with one attached hydrogen (secondary N) is 1. The van der Waals surface area contributed by atoms with Crippen molar-refractivity contribution in [3.63, 3.8) is 0 Å². The molecule has 0 saturated carbocycles. The van der Waals surface area contributed by atoms with Gasteiger partial charge >= 0.3 is 0 Å². The number of thiazole rings is 1. The van der Waals surface area contributed by atoms with Gasteiger partial charge in [0.05, 0.1) is 16.7 Å². The molecule has 1 atom stereocenters. The van der Waals surface area contributed by atoms with E-state index in [1.54, 1.807) is 11.3 Å². The van der Waals surface area contributed by atoms with Gasteiger partial charge in [-0.05, 0) is 42.2 Å². The second-order valence-corrected chi connectivity index (χ2v) is 7.24. The quantitative estimate of drug-likeness (QED) is 0.680. The van der Waals surface area contributed by atoms with Crippen LogP contribution < -0.4 is 11.1 Å². The normalized spacial score (nSPS) is 12.2. The molecule has 1 heterocycles. The summed E-state index contributed by atoms with van der Waals surface area (Å²) in [5.41, 5.74) is 8.01. The average molecular weight is 353 g/mol. The van der Waals surface area contributed by atoms with Gasteiger partial charge in [0.1, 0.15) is 0 Å². The zero-order valence-electron chi connectivity index (χ0n) is 14.4. The molecule has 3 rings (SSSR count). The second kappa shape index (κ2) is 8.23. The first-order valence-electron chi connectivity index (χ1n) is 8.55. The summed E-state index contributed by atoms with van der Waals surface area (Å²) in [6, 6.07) is 14.3. The number of nitrogens with two attached hydrogens (primary N) is 1. The maximum absolute atomic E-state index is 12.3. The van der Waals surface area contributed by atoms with E-state index < -0.39 is 0 Å². The summed E-state index contributed by atoms with van der Waals surface area (Å²) in [5.74, 6) is 0.0376. The third-order valence-corrected chi connectivity index (χ3v) is 5.07. The Balaban J connectivity index is 1.57. The molecule has 130 valence electrons. The van der Waals surface area contributed by atoms with Crippen molar-refractivity contribution in [2.24, 2.45) is 5.73 Å². The second-order valence-electron chi connectivity index (χ2n) is 6.17. The van der Waals surface area contributed by atoms with Crippen LogP contribution in [0.25, 0.3) is 10.8 Å². The van der Waals surface area contributed by atoms with Crippen molar-refractivity contribution in [3.8, 4) is 0 Å². The van der Waals surface area contributed by atoms with Crippen LogP contribution in [0.5, 0.6) is 0 Å². The van der Waals surface area contributed by atoms with E-state index in [-0.39, 0.29) is 11.9 Å². The number of carbonyl (C=O) groups excluding carboxylic acids is 1. The molecule has 0 bridgehead atoms. The average Bonchev–Trinajstić information content (AvgIpc) is 3.04. The Hall–Kier alpha value is -2.24. The van der Waals surface area contributed by atoms with Crippen molar-refractivity contribution >= 4 is 28.0 Å². The number of rotatable bonds is 7. The minimum Gasteiger partial charge on any atom is -0.348 e. The van der Waals surface area contributed by atoms with Gasteiger partial charge in [-0.25, -0.2) is 4.98 Å². The van der Waals surface area contributed by atoms with Crippen LogP contribution in [0.4, 0.5) is 0 Å². The highest BCUT2D eigenvalue weighted by Gasteiger charge is 2.13. The minimum atomic E-state index is -0.154. The van der Waals surface area contributed by atoms with Gasteiger partial charge in [-0.15, -0.1) is 11.3 Å². The van der Waals surface area contributed by atoms with Crippen LogP contribution in [-0.2, 0) is 11.2 Å². The smallest absolute Gasteiger partial charge is 0.220 e. The third-order valence-electron chi connectivity index (χ3n) is 4.25. The van der Waals surface area contributed by atoms with Crippen LogP contribution in [0, 0.1) is 6.92 Å². The van der Waals surface area contributed by atoms with Gasteiger partial charge < -0.3 is 11.1 Å². The van der Waals surface area contributed by atoms with Gasteiger partial charge in [0, 0.05) is 18.3 Å². The van der Waals surface area contributed by atoms with Crippen LogP contribution in [0.3, 0.4) is 0 Å². The molecular formula is C20H23N3OS. The maximum Gasteiger partial charge on any atom is 0.220 e. The molecular weight excluding hydrogens is 330 g/mol. The van der Waals surface area contributed by atoms with Gasteiger partial charge in [0.2, 0.25) is 5.91 Å². The number of hydrogen-bond donors (Lipinski definition) is 2. The molecule has 1 amide bonds. The van der Waals surface area contributed by atoms with Crippen molar-refractivity contribution in [1.82, 2.24) is 10.3 Å². The van der Waals surface area contributed by atoms with Crippen molar-refractivity contribution in [2.45, 2.75) is 32.2 Å². The number of nitrogens with zero attached hydrogens (tertiary/aromatic N) is 1. The number of fused-ring (bicyclic) bond motifs is 1. The molecule has 3 N–H and O–H groups in total. The highest BCUT2D eigenvalue weighted by molar-refractivity contribution is 7.09. The standard InChI is InChI=1S/C20H23N3OS/c1-14-22-18(13-25-14)7-4-8-20(24)23-19(12-21)17-10-9-15-5-2-3-6-16(15)11-17/h2-3,5-6,9-11,13,19H,4,7-8,12,21H2,1H3,(H,23,24). The molecule has 5 heteroatoms. The van der Waals surface area contributed by atoms with Crippen LogP contribution in [-0.4, -0.2) is 17.4 Å². The molecule has 0 radical (unpaired) electrons. The zero-order chi connectivity index (χ0) is 17.6. The molecule has 0 spiro atoms. The molecule has 0 aliphatic rings. The highest BCUT2D eigenvalue weighted by atomic mass is 32.1. The van der Waals surface area contributed by atoms with Gasteiger partial charge in [-0.2, -0.15) is 0 Å². The predicted molar refractivity (Wildman–Crippen MR) is 104 cm³/mol. The Labute approximate surface area is 152 Å². The first-order valence-corrected chi connectivity index (χ1v) is 9.43. The summed E-state index contributed by atoms with van der Waals surface area (Å²) in [7, 11) is 0. The Morgan fingerprint density at radius 1 is 1.24 bits per heavy atom. The van der Waals surface area contributed by atoms with E-state index in [2.05, 4.69) is 39.9 Å². The van der Waals surface area contributed by atoms with Gasteiger partial charge in [-0.3, -0.25) is 4.79 Å². The summed E-state index contributed by atoms with van der Waals surface area (Å²) < 4.78 is 0. The van der Waals surface area contributed by atoms with Crippen molar-refractivity contribution < 1.29 is 4.79 Å². The number of benzene rings is 2. The van der Waals surface area contributed by atoms with Crippen LogP contribution >= 0.6 is 11.3 Å². The minimum absolute atomic E-state index is 0.0376. The summed E-state index contributed by atoms with van der Waals surface area (Å²) in [4.78, 5) is 16.7. The highest BCUT2D eigenvalue weighted by Crippen LogP contribution is 2.20. The van der Waals surface area contributed by atoms with E-state index in [1.165, 1.54) is 5.39 Å². The first-order chi connectivity index (χ1) is 12.2. The lowest BCUT2D eigenvalue weighted by atomic mass is 10.0. The molecule has 0 fully saturated rings. The molecule has 1 aromatic heterocycles. The lowest BCUT2D eigenvalue weighted by Gasteiger charge is -2.18. The van der Waals surface area contributed by atoms with Gasteiger partial charge in [0.25, 0.3) is 0 Å². The molecule has 25 heavy (non-hydrogen) atoms. The Morgan fingerprint density at radius 2 is 2.04 bits per heavy atom. The number of carbonyl (C=O) groups is 1. The number of hydrogen-bond acceptors (Lipinski definition) is 4. The fraction of sp³-hybridized carbons (Fsp3) is 0.300. The lowest BCUT2D eigenvalue weighted by Crippen LogP contribution is -2.33. The maximum atomic E-state index is 12.3. The van der Waals surface area contributed by atoms with E-state index in [0.717, 1.165) is 34.5 Å². The number of aryl methyl sites for hydroxylation is 2. The van der Waals surface area contributed by atoms with Gasteiger partial charge in [-0.1, -0.05) is 36.4 Å². The SMILES string of the molecule is Cc1nc(CCCC(=O)NC(CN)c2ccc3ccccc3c2)cs1. The monoisotopic (exact) mass is 353 g/mol. The fourth-order valence-corrected chi connectivity index (χ4v) is 3.57. The van der Waals surface area contributed by atoms with E-state index in [0.29, 0.717) is 13.0 Å². The summed E-state index contributed by atoms with van der Waals surface area (Å²) in [6.07, 6.45) is 2.12. The molecule has 0 saturated heterocycles. The lowest BCUT2D eigenvalue weighted by molar-refractivity contribution is -0.121. The predicted octanol–water partition coefficient (Wildman–Crippen LogP) is 3.74. The van der Waals surface area contributed by atoms with Crippen LogP contribution in [0.2, 0.25) is 0 Å². The topological polar surface area (TPSA) is 68.0 Å². The molecule has 0 aliphatic heterocycles. The van der Waals surface area contributed by atoms with E-state index in [1.807, 2.05) is 25.1 Å². The third kappa shape index (κ3) is 4.65. The van der Waals surface area contributed by atoms with Crippen molar-refractivity contribution in [3.05, 3.63) is 64.1 Å². The van der Waals surface area contributed by atoms with E-state index in [4.69, 9.17) is 5.73 Å². The summed E-state index contributed by atoms with van der Waals surface area (Å²) in [6.45, 7) is 2.38. The zero-order valence-corrected chi connectivity index (χ0v) is 15.2. The number of aromatic nitrogens is 1. The summed E-state index contributed by atoms with van der Waals surface area (Å²) >= 11 is 1.65. The van der Waals surface area contributed by atoms with Crippen LogP contribution in [0.1, 0.15) is 35.1 Å². The molecule has 1 unspecified atom stereocenters. The van der Waals surface area contributed by atoms with E-state index in [9.17, 15) is 4.79 Å². The Bertz CT molecular complexity index is 859. The molecule has 0 aliphatic carbocycles. The fourth-order valence-electron chi connectivity index (χ4n) is 2.92.